The van der Waals surface area contributed by atoms with Crippen molar-refractivity contribution in [3.8, 4) is 0 Å². The van der Waals surface area contributed by atoms with Gasteiger partial charge in [0.25, 0.3) is 0 Å². The molecule has 2 rings (SSSR count). The monoisotopic (exact) mass is 304 g/mol. The summed E-state index contributed by atoms with van der Waals surface area (Å²) >= 11 is 0. The van der Waals surface area contributed by atoms with Gasteiger partial charge in [-0.05, 0) is 43.2 Å². The number of amides is 2. The molecular weight excluding hydrogens is 276 g/mol. The van der Waals surface area contributed by atoms with Crippen molar-refractivity contribution in [1.82, 2.24) is 10.2 Å². The lowest BCUT2D eigenvalue weighted by Gasteiger charge is -2.24. The number of carbonyl (C=O) groups is 1. The second-order valence-corrected chi connectivity index (χ2v) is 6.60. The minimum absolute atomic E-state index is 0.0228. The molecule has 0 aliphatic heterocycles. The quantitative estimate of drug-likeness (QED) is 0.814. The van der Waals surface area contributed by atoms with E-state index >= 15 is 0 Å². The highest BCUT2D eigenvalue weighted by molar-refractivity contribution is 5.75. The number of hydrogen-bond donors (Lipinski definition) is 2. The molecule has 1 aliphatic carbocycles. The average molecular weight is 304 g/mol. The summed E-state index contributed by atoms with van der Waals surface area (Å²) in [5.41, 5.74) is 2.57. The fraction of sp³-hybridized carbons (Fsp3) is 0.611. The summed E-state index contributed by atoms with van der Waals surface area (Å²) in [4.78, 5) is 14.0. The zero-order chi connectivity index (χ0) is 16.1. The van der Waals surface area contributed by atoms with E-state index in [1.54, 1.807) is 4.90 Å². The molecule has 1 aliphatic rings. The second kappa shape index (κ2) is 7.63. The van der Waals surface area contributed by atoms with Crippen LogP contribution in [0.3, 0.4) is 0 Å². The first kappa shape index (κ1) is 16.8. The summed E-state index contributed by atoms with van der Waals surface area (Å²) < 4.78 is 0. The number of nitrogens with zero attached hydrogens (tertiary/aromatic N) is 1. The van der Waals surface area contributed by atoms with Gasteiger partial charge in [0.1, 0.15) is 0 Å². The third-order valence-electron chi connectivity index (χ3n) is 4.15. The Morgan fingerprint density at radius 3 is 2.41 bits per heavy atom. The fourth-order valence-electron chi connectivity index (χ4n) is 2.68. The molecule has 0 spiro atoms. The van der Waals surface area contributed by atoms with E-state index in [0.29, 0.717) is 18.5 Å². The summed E-state index contributed by atoms with van der Waals surface area (Å²) in [6.45, 7) is 6.84. The predicted molar refractivity (Wildman–Crippen MR) is 89.0 cm³/mol. The molecule has 0 radical (unpaired) electrons. The summed E-state index contributed by atoms with van der Waals surface area (Å²) in [6, 6.07) is 8.97. The van der Waals surface area contributed by atoms with Crippen LogP contribution in [0.5, 0.6) is 0 Å². The highest BCUT2D eigenvalue weighted by Crippen LogP contribution is 2.26. The van der Waals surface area contributed by atoms with Crippen LogP contribution in [0, 0.1) is 0 Å². The van der Waals surface area contributed by atoms with E-state index < -0.39 is 0 Å². The van der Waals surface area contributed by atoms with Crippen molar-refractivity contribution in [2.24, 2.45) is 0 Å². The first-order valence-corrected chi connectivity index (χ1v) is 8.28. The van der Waals surface area contributed by atoms with Crippen molar-refractivity contribution in [3.63, 3.8) is 0 Å². The van der Waals surface area contributed by atoms with Crippen LogP contribution in [0.2, 0.25) is 0 Å². The SMILES string of the molecule is CC(Cc1ccc(C(C)C)cc1)NC(=O)N(CCO)C1CC1. The van der Waals surface area contributed by atoms with Crippen LogP contribution in [0.4, 0.5) is 4.79 Å². The molecule has 1 fully saturated rings. The summed E-state index contributed by atoms with van der Waals surface area (Å²) in [7, 11) is 0. The Hall–Kier alpha value is -1.55. The third-order valence-corrected chi connectivity index (χ3v) is 4.15. The van der Waals surface area contributed by atoms with Gasteiger partial charge in [-0.15, -0.1) is 0 Å². The number of carbonyl (C=O) groups excluding carboxylic acids is 1. The van der Waals surface area contributed by atoms with Crippen molar-refractivity contribution in [1.29, 1.82) is 0 Å². The van der Waals surface area contributed by atoms with Crippen LogP contribution >= 0.6 is 0 Å². The Bertz CT molecular complexity index is 480. The van der Waals surface area contributed by atoms with Gasteiger partial charge in [-0.25, -0.2) is 4.79 Å². The normalized spacial score (nSPS) is 15.7. The Kier molecular flexibility index (Phi) is 5.83. The standard InChI is InChI=1S/C18H28N2O2/c1-13(2)16-6-4-15(5-7-16)12-14(3)19-18(22)20(10-11-21)17-8-9-17/h4-7,13-14,17,21H,8-12H2,1-3H3,(H,19,22). The lowest BCUT2D eigenvalue weighted by molar-refractivity contribution is 0.171. The number of urea groups is 1. The second-order valence-electron chi connectivity index (χ2n) is 6.60. The molecular formula is C18H28N2O2. The van der Waals surface area contributed by atoms with E-state index in [1.807, 2.05) is 6.92 Å². The average Bonchev–Trinajstić information content (AvgIpc) is 3.29. The highest BCUT2D eigenvalue weighted by atomic mass is 16.3. The first-order chi connectivity index (χ1) is 10.5. The maximum atomic E-state index is 12.3. The van der Waals surface area contributed by atoms with E-state index in [2.05, 4.69) is 43.4 Å². The molecule has 1 unspecified atom stereocenters. The van der Waals surface area contributed by atoms with Gasteiger partial charge in [0.15, 0.2) is 0 Å². The van der Waals surface area contributed by atoms with Crippen molar-refractivity contribution in [2.45, 2.75) is 58.0 Å². The smallest absolute Gasteiger partial charge is 0.317 e. The third kappa shape index (κ3) is 4.73. The minimum Gasteiger partial charge on any atom is -0.395 e. The van der Waals surface area contributed by atoms with E-state index in [9.17, 15) is 4.79 Å². The van der Waals surface area contributed by atoms with Crippen LogP contribution < -0.4 is 5.32 Å². The van der Waals surface area contributed by atoms with Gasteiger partial charge in [-0.2, -0.15) is 0 Å². The highest BCUT2D eigenvalue weighted by Gasteiger charge is 2.32. The van der Waals surface area contributed by atoms with Crippen molar-refractivity contribution in [2.75, 3.05) is 13.2 Å². The number of aliphatic hydroxyl groups excluding tert-OH is 1. The summed E-state index contributed by atoms with van der Waals surface area (Å²) in [5.74, 6) is 0.539. The lowest BCUT2D eigenvalue weighted by atomic mass is 9.99. The molecule has 4 nitrogen and oxygen atoms in total. The molecule has 22 heavy (non-hydrogen) atoms. The van der Waals surface area contributed by atoms with Crippen LogP contribution in [0.1, 0.15) is 50.7 Å². The summed E-state index contributed by atoms with van der Waals surface area (Å²) in [5, 5.41) is 12.1. The zero-order valence-corrected chi connectivity index (χ0v) is 13.9. The summed E-state index contributed by atoms with van der Waals surface area (Å²) in [6.07, 6.45) is 2.93. The molecule has 0 bridgehead atoms. The molecule has 0 heterocycles. The zero-order valence-electron chi connectivity index (χ0n) is 13.9. The van der Waals surface area contributed by atoms with E-state index in [4.69, 9.17) is 5.11 Å². The van der Waals surface area contributed by atoms with E-state index in [-0.39, 0.29) is 18.7 Å². The molecule has 1 aromatic rings. The number of aliphatic hydroxyl groups is 1. The number of rotatable bonds is 7. The van der Waals surface area contributed by atoms with Crippen LogP contribution in [-0.4, -0.2) is 41.3 Å². The molecule has 0 aromatic heterocycles. The Morgan fingerprint density at radius 2 is 1.91 bits per heavy atom. The number of benzene rings is 1. The number of hydrogen-bond acceptors (Lipinski definition) is 2. The topological polar surface area (TPSA) is 52.6 Å². The van der Waals surface area contributed by atoms with Crippen molar-refractivity contribution >= 4 is 6.03 Å². The van der Waals surface area contributed by atoms with Gasteiger partial charge < -0.3 is 15.3 Å². The molecule has 1 atom stereocenters. The van der Waals surface area contributed by atoms with Gasteiger partial charge in [-0.3, -0.25) is 0 Å². The van der Waals surface area contributed by atoms with Crippen LogP contribution in [0.25, 0.3) is 0 Å². The number of nitrogens with one attached hydrogen (secondary N) is 1. The van der Waals surface area contributed by atoms with Crippen molar-refractivity contribution in [3.05, 3.63) is 35.4 Å². The largest absolute Gasteiger partial charge is 0.395 e. The first-order valence-electron chi connectivity index (χ1n) is 8.28. The molecule has 1 aromatic carbocycles. The van der Waals surface area contributed by atoms with Gasteiger partial charge in [0.05, 0.1) is 6.61 Å². The molecule has 0 saturated heterocycles. The maximum Gasteiger partial charge on any atom is 0.317 e. The Balaban J connectivity index is 1.86. The molecule has 2 N–H and O–H groups in total. The lowest BCUT2D eigenvalue weighted by Crippen LogP contribution is -2.46. The van der Waals surface area contributed by atoms with Gasteiger partial charge >= 0.3 is 6.03 Å². The maximum absolute atomic E-state index is 12.3. The van der Waals surface area contributed by atoms with Crippen LogP contribution in [-0.2, 0) is 6.42 Å². The van der Waals surface area contributed by atoms with Gasteiger partial charge in [-0.1, -0.05) is 38.1 Å². The predicted octanol–water partition coefficient (Wildman–Crippen LogP) is 2.91. The van der Waals surface area contributed by atoms with E-state index in [1.165, 1.54) is 11.1 Å². The Morgan fingerprint density at radius 1 is 1.27 bits per heavy atom. The van der Waals surface area contributed by atoms with Crippen molar-refractivity contribution < 1.29 is 9.90 Å². The fourth-order valence-corrected chi connectivity index (χ4v) is 2.68. The van der Waals surface area contributed by atoms with Gasteiger partial charge in [0, 0.05) is 18.6 Å². The molecule has 1 saturated carbocycles. The molecule has 4 heteroatoms. The minimum atomic E-state index is -0.0529. The van der Waals surface area contributed by atoms with Crippen LogP contribution in [0.15, 0.2) is 24.3 Å². The molecule has 2 amide bonds. The van der Waals surface area contributed by atoms with Gasteiger partial charge in [0.2, 0.25) is 0 Å². The Labute approximate surface area is 133 Å². The molecule has 122 valence electrons. The van der Waals surface area contributed by atoms with E-state index in [0.717, 1.165) is 19.3 Å².